The second-order valence-corrected chi connectivity index (χ2v) is 6.48. The molecule has 0 bridgehead atoms. The van der Waals surface area contributed by atoms with Crippen LogP contribution in [0.5, 0.6) is 11.5 Å². The Balaban J connectivity index is 1.88. The second-order valence-electron chi connectivity index (χ2n) is 5.48. The third-order valence-corrected chi connectivity index (χ3v) is 4.55. The maximum Gasteiger partial charge on any atom is 0.298 e. The average Bonchev–Trinajstić information content (AvgIpc) is 2.95. The fraction of sp³-hybridized carbons (Fsp3) is 0.143. The predicted molar refractivity (Wildman–Crippen MR) is 107 cm³/mol. The maximum absolute atomic E-state index is 12.7. The van der Waals surface area contributed by atoms with E-state index in [9.17, 15) is 9.59 Å². The monoisotopic (exact) mass is 379 g/mol. The fourth-order valence-corrected chi connectivity index (χ4v) is 3.38. The second kappa shape index (κ2) is 8.47. The van der Waals surface area contributed by atoms with Gasteiger partial charge < -0.3 is 9.47 Å². The number of carbonyl (C=O) groups is 2. The van der Waals surface area contributed by atoms with Crippen LogP contribution < -0.4 is 14.4 Å². The Morgan fingerprint density at radius 3 is 2.59 bits per heavy atom. The van der Waals surface area contributed by atoms with Gasteiger partial charge in [-0.2, -0.15) is 0 Å². The molecular weight excluding hydrogens is 362 g/mol. The van der Waals surface area contributed by atoms with Crippen molar-refractivity contribution < 1.29 is 19.1 Å². The first-order valence-corrected chi connectivity index (χ1v) is 9.11. The number of para-hydroxylation sites is 1. The lowest BCUT2D eigenvalue weighted by molar-refractivity contribution is -0.113. The molecule has 6 heteroatoms. The van der Waals surface area contributed by atoms with Crippen molar-refractivity contribution in [1.29, 1.82) is 0 Å². The van der Waals surface area contributed by atoms with Crippen LogP contribution in [-0.4, -0.2) is 24.4 Å². The van der Waals surface area contributed by atoms with Gasteiger partial charge >= 0.3 is 0 Å². The number of carbonyl (C=O) groups excluding carboxylic acids is 2. The van der Waals surface area contributed by atoms with Crippen molar-refractivity contribution in [2.45, 2.75) is 6.92 Å². The maximum atomic E-state index is 12.7. The van der Waals surface area contributed by atoms with Gasteiger partial charge in [0.25, 0.3) is 11.1 Å². The van der Waals surface area contributed by atoms with Crippen molar-refractivity contribution in [3.8, 4) is 23.8 Å². The van der Waals surface area contributed by atoms with E-state index in [1.807, 2.05) is 13.0 Å². The zero-order chi connectivity index (χ0) is 19.2. The van der Waals surface area contributed by atoms with E-state index in [0.29, 0.717) is 28.7 Å². The fourth-order valence-electron chi connectivity index (χ4n) is 2.54. The van der Waals surface area contributed by atoms with Gasteiger partial charge in [0.05, 0.1) is 17.2 Å². The quantitative estimate of drug-likeness (QED) is 0.552. The summed E-state index contributed by atoms with van der Waals surface area (Å²) >= 11 is 0.909. The number of thioether (sulfide) groups is 1. The van der Waals surface area contributed by atoms with Gasteiger partial charge in [0, 0.05) is 0 Å². The highest BCUT2D eigenvalue weighted by Gasteiger charge is 2.36. The van der Waals surface area contributed by atoms with E-state index in [-0.39, 0.29) is 17.8 Å². The first-order chi connectivity index (χ1) is 13.1. The van der Waals surface area contributed by atoms with Gasteiger partial charge in [0.15, 0.2) is 11.5 Å². The summed E-state index contributed by atoms with van der Waals surface area (Å²) in [4.78, 5) is 26.5. The number of ether oxygens (including phenoxy) is 2. The molecule has 0 saturated carbocycles. The average molecular weight is 379 g/mol. The van der Waals surface area contributed by atoms with E-state index in [2.05, 4.69) is 5.92 Å². The van der Waals surface area contributed by atoms with Crippen LogP contribution in [0.1, 0.15) is 12.5 Å². The molecule has 0 spiro atoms. The van der Waals surface area contributed by atoms with Crippen molar-refractivity contribution in [2.75, 3.05) is 18.1 Å². The molecule has 0 atom stereocenters. The van der Waals surface area contributed by atoms with Crippen molar-refractivity contribution in [3.05, 3.63) is 59.0 Å². The molecule has 2 amide bonds. The van der Waals surface area contributed by atoms with Crippen molar-refractivity contribution >= 4 is 34.7 Å². The number of imide groups is 1. The van der Waals surface area contributed by atoms with E-state index in [0.717, 1.165) is 17.3 Å². The van der Waals surface area contributed by atoms with Gasteiger partial charge in [-0.15, -0.1) is 6.42 Å². The Hall–Kier alpha value is -3.17. The molecule has 1 saturated heterocycles. The van der Waals surface area contributed by atoms with Gasteiger partial charge in [0.2, 0.25) is 0 Å². The first-order valence-electron chi connectivity index (χ1n) is 8.30. The Kier molecular flexibility index (Phi) is 5.84. The third-order valence-electron chi connectivity index (χ3n) is 3.68. The minimum atomic E-state index is -0.346. The molecule has 1 aliphatic heterocycles. The van der Waals surface area contributed by atoms with E-state index >= 15 is 0 Å². The van der Waals surface area contributed by atoms with E-state index in [1.165, 1.54) is 4.90 Å². The number of amides is 2. The number of terminal acetylenes is 1. The highest BCUT2D eigenvalue weighted by atomic mass is 32.2. The minimum Gasteiger partial charge on any atom is -0.490 e. The summed E-state index contributed by atoms with van der Waals surface area (Å²) in [6.45, 7) is 2.46. The first kappa shape index (κ1) is 18.6. The lowest BCUT2D eigenvalue weighted by Gasteiger charge is -2.12. The van der Waals surface area contributed by atoms with Crippen molar-refractivity contribution in [2.24, 2.45) is 0 Å². The van der Waals surface area contributed by atoms with Gasteiger partial charge in [-0.3, -0.25) is 9.59 Å². The summed E-state index contributed by atoms with van der Waals surface area (Å²) in [5.41, 5.74) is 1.28. The molecule has 2 aromatic carbocycles. The Morgan fingerprint density at radius 2 is 1.89 bits per heavy atom. The van der Waals surface area contributed by atoms with E-state index in [1.54, 1.807) is 48.5 Å². The topological polar surface area (TPSA) is 55.8 Å². The molecule has 3 rings (SSSR count). The van der Waals surface area contributed by atoms with Crippen LogP contribution in [0.15, 0.2) is 53.4 Å². The summed E-state index contributed by atoms with van der Waals surface area (Å²) in [6, 6.07) is 14.1. The smallest absolute Gasteiger partial charge is 0.298 e. The lowest BCUT2D eigenvalue weighted by atomic mass is 10.1. The highest BCUT2D eigenvalue weighted by molar-refractivity contribution is 8.19. The van der Waals surface area contributed by atoms with E-state index in [4.69, 9.17) is 15.9 Å². The number of hydrogen-bond donors (Lipinski definition) is 0. The molecule has 0 aromatic heterocycles. The Bertz CT molecular complexity index is 931. The molecule has 1 fully saturated rings. The lowest BCUT2D eigenvalue weighted by Crippen LogP contribution is -2.27. The number of hydrogen-bond acceptors (Lipinski definition) is 5. The van der Waals surface area contributed by atoms with Gasteiger partial charge in [-0.1, -0.05) is 30.2 Å². The number of rotatable bonds is 6. The number of anilines is 1. The summed E-state index contributed by atoms with van der Waals surface area (Å²) in [5.74, 6) is 3.13. The normalized spacial score (nSPS) is 15.1. The molecule has 136 valence electrons. The van der Waals surface area contributed by atoms with Crippen molar-refractivity contribution in [3.63, 3.8) is 0 Å². The van der Waals surface area contributed by atoms with Crippen LogP contribution in [-0.2, 0) is 4.79 Å². The summed E-state index contributed by atoms with van der Waals surface area (Å²) in [7, 11) is 0. The van der Waals surface area contributed by atoms with Crippen LogP contribution in [0.25, 0.3) is 6.08 Å². The predicted octanol–water partition coefficient (Wildman–Crippen LogP) is 4.34. The molecule has 0 radical (unpaired) electrons. The molecule has 0 aliphatic carbocycles. The zero-order valence-electron chi connectivity index (χ0n) is 14.7. The Morgan fingerprint density at radius 1 is 1.11 bits per heavy atom. The minimum absolute atomic E-state index is 0.134. The molecule has 0 unspecified atom stereocenters. The van der Waals surface area contributed by atoms with Crippen molar-refractivity contribution in [1.82, 2.24) is 0 Å². The van der Waals surface area contributed by atoms with Gasteiger partial charge in [-0.05, 0) is 54.6 Å². The van der Waals surface area contributed by atoms with E-state index < -0.39 is 0 Å². The molecule has 1 heterocycles. The molecular formula is C21H17NO4S. The molecule has 1 aliphatic rings. The summed E-state index contributed by atoms with van der Waals surface area (Å²) < 4.78 is 11.0. The van der Waals surface area contributed by atoms with Gasteiger partial charge in [-0.25, -0.2) is 4.90 Å². The van der Waals surface area contributed by atoms with Crippen LogP contribution in [0.2, 0.25) is 0 Å². The standard InChI is InChI=1S/C21H17NO4S/c1-3-12-26-17-11-10-15(13-18(17)25-4-2)14-19-20(23)22(21(24)27-19)16-8-6-5-7-9-16/h1,5-11,13-14H,4,12H2,2H3/b19-14-. The van der Waals surface area contributed by atoms with Crippen LogP contribution in [0, 0.1) is 12.3 Å². The zero-order valence-corrected chi connectivity index (χ0v) is 15.5. The molecule has 27 heavy (non-hydrogen) atoms. The van der Waals surface area contributed by atoms with Crippen LogP contribution >= 0.6 is 11.8 Å². The Labute approximate surface area is 162 Å². The molecule has 2 aromatic rings. The molecule has 0 N–H and O–H groups in total. The third kappa shape index (κ3) is 4.15. The highest BCUT2D eigenvalue weighted by Crippen LogP contribution is 2.36. The number of nitrogens with zero attached hydrogens (tertiary/aromatic N) is 1. The number of benzene rings is 2. The van der Waals surface area contributed by atoms with Crippen LogP contribution in [0.3, 0.4) is 0 Å². The summed E-state index contributed by atoms with van der Waals surface area (Å²) in [6.07, 6.45) is 6.89. The summed E-state index contributed by atoms with van der Waals surface area (Å²) in [5, 5.41) is -0.323. The SMILES string of the molecule is C#CCOc1ccc(/C=C2\SC(=O)N(c3ccccc3)C2=O)cc1OCC. The van der Waals surface area contributed by atoms with Gasteiger partial charge in [0.1, 0.15) is 6.61 Å². The molecule has 5 nitrogen and oxygen atoms in total. The largest absolute Gasteiger partial charge is 0.490 e. The van der Waals surface area contributed by atoms with Crippen LogP contribution in [0.4, 0.5) is 10.5 Å².